The molecule has 2 rings (SSSR count). The van der Waals surface area contributed by atoms with Crippen LogP contribution in [0.25, 0.3) is 0 Å². The van der Waals surface area contributed by atoms with Gasteiger partial charge in [0.2, 0.25) is 5.91 Å². The molecule has 0 aliphatic heterocycles. The van der Waals surface area contributed by atoms with Crippen molar-refractivity contribution in [3.8, 4) is 0 Å². The lowest BCUT2D eigenvalue weighted by molar-refractivity contribution is -0.121. The normalized spacial score (nSPS) is 10.4. The SMILES string of the molecule is Cc1nc(CCC(=O)NCc2ccccn2)sc1C. The van der Waals surface area contributed by atoms with Gasteiger partial charge in [0, 0.05) is 23.9 Å². The van der Waals surface area contributed by atoms with Gasteiger partial charge in [-0.1, -0.05) is 6.07 Å². The number of carbonyl (C=O) groups is 1. The van der Waals surface area contributed by atoms with E-state index in [4.69, 9.17) is 0 Å². The van der Waals surface area contributed by atoms with Gasteiger partial charge in [0.15, 0.2) is 0 Å². The number of carbonyl (C=O) groups excluding carboxylic acids is 1. The Balaban J connectivity index is 1.76. The highest BCUT2D eigenvalue weighted by atomic mass is 32.1. The van der Waals surface area contributed by atoms with E-state index >= 15 is 0 Å². The fourth-order valence-electron chi connectivity index (χ4n) is 1.65. The van der Waals surface area contributed by atoms with Gasteiger partial charge in [0.1, 0.15) is 0 Å². The van der Waals surface area contributed by atoms with Gasteiger partial charge in [-0.25, -0.2) is 4.98 Å². The van der Waals surface area contributed by atoms with Gasteiger partial charge in [0.05, 0.1) is 22.9 Å². The summed E-state index contributed by atoms with van der Waals surface area (Å²) in [5.74, 6) is 0.0381. The lowest BCUT2D eigenvalue weighted by Crippen LogP contribution is -2.23. The number of aryl methyl sites for hydroxylation is 3. The number of amides is 1. The monoisotopic (exact) mass is 275 g/mol. The van der Waals surface area contributed by atoms with Crippen molar-refractivity contribution in [2.45, 2.75) is 33.2 Å². The third kappa shape index (κ3) is 4.13. The molecule has 2 heterocycles. The lowest BCUT2D eigenvalue weighted by Gasteiger charge is -2.03. The molecule has 0 bridgehead atoms. The van der Waals surface area contributed by atoms with Gasteiger partial charge in [-0.05, 0) is 26.0 Å². The maximum atomic E-state index is 11.7. The average molecular weight is 275 g/mol. The van der Waals surface area contributed by atoms with Crippen molar-refractivity contribution in [1.29, 1.82) is 0 Å². The first kappa shape index (κ1) is 13.7. The molecule has 0 aliphatic rings. The average Bonchev–Trinajstić information content (AvgIpc) is 2.74. The van der Waals surface area contributed by atoms with Crippen LogP contribution in [0.5, 0.6) is 0 Å². The Morgan fingerprint density at radius 2 is 2.21 bits per heavy atom. The first-order valence-electron chi connectivity index (χ1n) is 6.24. The van der Waals surface area contributed by atoms with Crippen LogP contribution >= 0.6 is 11.3 Å². The molecule has 2 aromatic rings. The number of hydrogen-bond donors (Lipinski definition) is 1. The van der Waals surface area contributed by atoms with E-state index in [-0.39, 0.29) is 5.91 Å². The van der Waals surface area contributed by atoms with Gasteiger partial charge < -0.3 is 5.32 Å². The molecule has 5 heteroatoms. The van der Waals surface area contributed by atoms with Crippen LogP contribution in [0.15, 0.2) is 24.4 Å². The van der Waals surface area contributed by atoms with E-state index in [2.05, 4.69) is 22.2 Å². The maximum absolute atomic E-state index is 11.7. The van der Waals surface area contributed by atoms with Crippen LogP contribution in [-0.2, 0) is 17.8 Å². The summed E-state index contributed by atoms with van der Waals surface area (Å²) < 4.78 is 0. The molecule has 0 fully saturated rings. The van der Waals surface area contributed by atoms with Crippen LogP contribution in [0.2, 0.25) is 0 Å². The van der Waals surface area contributed by atoms with E-state index in [1.54, 1.807) is 17.5 Å². The molecule has 0 aromatic carbocycles. The molecular weight excluding hydrogens is 258 g/mol. The Bertz CT molecular complexity index is 532. The van der Waals surface area contributed by atoms with Crippen LogP contribution in [0.1, 0.15) is 27.7 Å². The summed E-state index contributed by atoms with van der Waals surface area (Å²) in [5, 5.41) is 3.90. The number of nitrogens with zero attached hydrogens (tertiary/aromatic N) is 2. The van der Waals surface area contributed by atoms with Crippen LogP contribution in [-0.4, -0.2) is 15.9 Å². The zero-order chi connectivity index (χ0) is 13.7. The van der Waals surface area contributed by atoms with Crippen LogP contribution in [0, 0.1) is 13.8 Å². The van der Waals surface area contributed by atoms with Gasteiger partial charge >= 0.3 is 0 Å². The highest BCUT2D eigenvalue weighted by Gasteiger charge is 2.07. The minimum atomic E-state index is 0.0381. The van der Waals surface area contributed by atoms with E-state index in [9.17, 15) is 4.79 Å². The Morgan fingerprint density at radius 1 is 1.37 bits per heavy atom. The molecule has 0 radical (unpaired) electrons. The summed E-state index contributed by atoms with van der Waals surface area (Å²) in [7, 11) is 0. The quantitative estimate of drug-likeness (QED) is 0.911. The zero-order valence-electron chi connectivity index (χ0n) is 11.1. The number of hydrogen-bond acceptors (Lipinski definition) is 4. The minimum absolute atomic E-state index is 0.0381. The fraction of sp³-hybridized carbons (Fsp3) is 0.357. The second-order valence-electron chi connectivity index (χ2n) is 4.35. The first-order valence-corrected chi connectivity index (χ1v) is 7.06. The van der Waals surface area contributed by atoms with E-state index in [1.807, 2.05) is 25.1 Å². The van der Waals surface area contributed by atoms with E-state index in [0.717, 1.165) is 16.4 Å². The number of thiazole rings is 1. The largest absolute Gasteiger partial charge is 0.350 e. The molecule has 0 saturated carbocycles. The standard InChI is InChI=1S/C14H17N3OS/c1-10-11(2)19-14(17-10)7-6-13(18)16-9-12-5-3-4-8-15-12/h3-5,8H,6-7,9H2,1-2H3,(H,16,18). The van der Waals surface area contributed by atoms with Gasteiger partial charge in [0.25, 0.3) is 0 Å². The number of aromatic nitrogens is 2. The molecule has 0 saturated heterocycles. The minimum Gasteiger partial charge on any atom is -0.350 e. The second kappa shape index (κ2) is 6.43. The van der Waals surface area contributed by atoms with Crippen molar-refractivity contribution < 1.29 is 4.79 Å². The third-order valence-electron chi connectivity index (χ3n) is 2.83. The third-order valence-corrected chi connectivity index (χ3v) is 3.96. The van der Waals surface area contributed by atoms with Crippen molar-refractivity contribution in [3.63, 3.8) is 0 Å². The summed E-state index contributed by atoms with van der Waals surface area (Å²) in [5.41, 5.74) is 1.94. The van der Waals surface area contributed by atoms with Crippen LogP contribution < -0.4 is 5.32 Å². The van der Waals surface area contributed by atoms with Crippen molar-refractivity contribution in [1.82, 2.24) is 15.3 Å². The highest BCUT2D eigenvalue weighted by Crippen LogP contribution is 2.17. The van der Waals surface area contributed by atoms with E-state index in [0.29, 0.717) is 19.4 Å². The molecule has 19 heavy (non-hydrogen) atoms. The zero-order valence-corrected chi connectivity index (χ0v) is 12.0. The summed E-state index contributed by atoms with van der Waals surface area (Å²) in [4.78, 5) is 21.5. The molecule has 1 amide bonds. The molecule has 4 nitrogen and oxygen atoms in total. The predicted octanol–water partition coefficient (Wildman–Crippen LogP) is 2.40. The van der Waals surface area contributed by atoms with Crippen molar-refractivity contribution in [2.75, 3.05) is 0 Å². The fourth-order valence-corrected chi connectivity index (χ4v) is 2.58. The molecule has 2 aromatic heterocycles. The molecular formula is C14H17N3OS. The Kier molecular flexibility index (Phi) is 4.63. The van der Waals surface area contributed by atoms with Gasteiger partial charge in [-0.3, -0.25) is 9.78 Å². The predicted molar refractivity (Wildman–Crippen MR) is 76.0 cm³/mol. The molecule has 0 aliphatic carbocycles. The Labute approximate surface area is 116 Å². The lowest BCUT2D eigenvalue weighted by atomic mass is 10.3. The van der Waals surface area contributed by atoms with E-state index in [1.165, 1.54) is 4.88 Å². The van der Waals surface area contributed by atoms with Crippen LogP contribution in [0.3, 0.4) is 0 Å². The molecule has 1 N–H and O–H groups in total. The Hall–Kier alpha value is -1.75. The summed E-state index contributed by atoms with van der Waals surface area (Å²) in [6, 6.07) is 5.67. The van der Waals surface area contributed by atoms with Gasteiger partial charge in [-0.2, -0.15) is 0 Å². The first-order chi connectivity index (χ1) is 9.15. The molecule has 0 atom stereocenters. The summed E-state index contributed by atoms with van der Waals surface area (Å²) in [6.45, 7) is 4.53. The smallest absolute Gasteiger partial charge is 0.220 e. The number of nitrogens with one attached hydrogen (secondary N) is 1. The number of rotatable bonds is 5. The van der Waals surface area contributed by atoms with Crippen LogP contribution in [0.4, 0.5) is 0 Å². The topological polar surface area (TPSA) is 54.9 Å². The Morgan fingerprint density at radius 3 is 2.84 bits per heavy atom. The molecule has 0 spiro atoms. The van der Waals surface area contributed by atoms with Crippen molar-refractivity contribution >= 4 is 17.2 Å². The summed E-state index contributed by atoms with van der Waals surface area (Å²) >= 11 is 1.67. The van der Waals surface area contributed by atoms with Crippen molar-refractivity contribution in [3.05, 3.63) is 45.7 Å². The maximum Gasteiger partial charge on any atom is 0.220 e. The second-order valence-corrected chi connectivity index (χ2v) is 5.63. The summed E-state index contributed by atoms with van der Waals surface area (Å²) in [6.07, 6.45) is 2.90. The molecule has 100 valence electrons. The van der Waals surface area contributed by atoms with E-state index < -0.39 is 0 Å². The number of pyridine rings is 1. The molecule has 0 unspecified atom stereocenters. The van der Waals surface area contributed by atoms with Gasteiger partial charge in [-0.15, -0.1) is 11.3 Å². The van der Waals surface area contributed by atoms with Crippen molar-refractivity contribution in [2.24, 2.45) is 0 Å². The highest BCUT2D eigenvalue weighted by molar-refractivity contribution is 7.11.